The Morgan fingerprint density at radius 2 is 1.89 bits per heavy atom. The molecule has 0 saturated carbocycles. The number of benzene rings is 2. The van der Waals surface area contributed by atoms with Gasteiger partial charge in [-0.1, -0.05) is 6.07 Å². The summed E-state index contributed by atoms with van der Waals surface area (Å²) >= 11 is 0. The molecule has 0 radical (unpaired) electrons. The van der Waals surface area contributed by atoms with Crippen molar-refractivity contribution in [2.45, 2.75) is 18.4 Å². The molecule has 3 amide bonds. The van der Waals surface area contributed by atoms with E-state index in [1.54, 1.807) is 18.2 Å². The SMILES string of the molecule is CC(=O)Nc1ccc(S(=O)(=O)Nc2c[nH]c3c(C(=O)NCc4ccc5c(c4)NC(=O)CO5)ncnc23)cc1. The number of hydrogen-bond acceptors (Lipinski definition) is 8. The number of aromatic nitrogens is 3. The fourth-order valence-electron chi connectivity index (χ4n) is 3.82. The first-order valence-corrected chi connectivity index (χ1v) is 12.7. The second-order valence-corrected chi connectivity index (χ2v) is 9.99. The Labute approximate surface area is 216 Å². The number of anilines is 3. The number of carbonyl (C=O) groups is 3. The molecule has 0 unspecified atom stereocenters. The molecule has 0 bridgehead atoms. The van der Waals surface area contributed by atoms with Crippen molar-refractivity contribution in [3.8, 4) is 5.75 Å². The number of sulfonamides is 1. The standard InChI is InChI=1S/C24H21N7O6S/c1-13(32)29-15-3-5-16(6-4-15)38(35,36)31-18-10-25-22-21(18)27-12-28-23(22)24(34)26-9-14-2-7-19-17(8-14)30-20(33)11-37-19/h2-8,10,12,25,31H,9,11H2,1H3,(H,26,34)(H,29,32)(H,30,33). The van der Waals surface area contributed by atoms with Crippen LogP contribution >= 0.6 is 0 Å². The molecule has 0 fully saturated rings. The molecule has 4 aromatic rings. The van der Waals surface area contributed by atoms with Crippen molar-refractivity contribution in [2.24, 2.45) is 0 Å². The average Bonchev–Trinajstić information content (AvgIpc) is 3.29. The summed E-state index contributed by atoms with van der Waals surface area (Å²) in [6.07, 6.45) is 2.54. The van der Waals surface area contributed by atoms with E-state index in [9.17, 15) is 22.8 Å². The third kappa shape index (κ3) is 5.10. The van der Waals surface area contributed by atoms with Crippen molar-refractivity contribution in [2.75, 3.05) is 22.0 Å². The smallest absolute Gasteiger partial charge is 0.272 e. The molecular formula is C24H21N7O6S. The van der Waals surface area contributed by atoms with Crippen molar-refractivity contribution in [3.63, 3.8) is 0 Å². The lowest BCUT2D eigenvalue weighted by atomic mass is 10.1. The van der Waals surface area contributed by atoms with Crippen LogP contribution in [0, 0.1) is 0 Å². The molecule has 194 valence electrons. The summed E-state index contributed by atoms with van der Waals surface area (Å²) < 4.78 is 33.6. The Morgan fingerprint density at radius 1 is 1.11 bits per heavy atom. The van der Waals surface area contributed by atoms with Crippen LogP contribution in [0.15, 0.2) is 59.9 Å². The summed E-state index contributed by atoms with van der Waals surface area (Å²) in [7, 11) is -3.99. The van der Waals surface area contributed by atoms with Crippen LogP contribution in [-0.4, -0.2) is 47.7 Å². The van der Waals surface area contributed by atoms with Gasteiger partial charge >= 0.3 is 0 Å². The van der Waals surface area contributed by atoms with Gasteiger partial charge in [-0.15, -0.1) is 0 Å². The summed E-state index contributed by atoms with van der Waals surface area (Å²) in [6.45, 7) is 1.44. The van der Waals surface area contributed by atoms with Crippen LogP contribution in [0.25, 0.3) is 11.0 Å². The molecule has 5 rings (SSSR count). The van der Waals surface area contributed by atoms with Gasteiger partial charge in [0, 0.05) is 25.4 Å². The van der Waals surface area contributed by atoms with Gasteiger partial charge in [-0.2, -0.15) is 0 Å². The number of amides is 3. The van der Waals surface area contributed by atoms with Gasteiger partial charge in [0.25, 0.3) is 21.8 Å². The van der Waals surface area contributed by atoms with E-state index in [1.165, 1.54) is 37.4 Å². The largest absolute Gasteiger partial charge is 0.482 e. The fraction of sp³-hybridized carbons (Fsp3) is 0.125. The van der Waals surface area contributed by atoms with Crippen LogP contribution in [0.1, 0.15) is 23.0 Å². The lowest BCUT2D eigenvalue weighted by molar-refractivity contribution is -0.118. The van der Waals surface area contributed by atoms with E-state index < -0.39 is 15.9 Å². The van der Waals surface area contributed by atoms with E-state index >= 15 is 0 Å². The Bertz CT molecular complexity index is 1680. The zero-order valence-electron chi connectivity index (χ0n) is 19.9. The van der Waals surface area contributed by atoms with Crippen molar-refractivity contribution in [1.29, 1.82) is 0 Å². The Morgan fingerprint density at radius 3 is 2.66 bits per heavy atom. The number of nitrogens with zero attached hydrogens (tertiary/aromatic N) is 2. The van der Waals surface area contributed by atoms with E-state index in [0.717, 1.165) is 11.9 Å². The summed E-state index contributed by atoms with van der Waals surface area (Å²) in [6, 6.07) is 10.8. The summed E-state index contributed by atoms with van der Waals surface area (Å²) in [5.74, 6) is -0.507. The lowest BCUT2D eigenvalue weighted by Gasteiger charge is -2.18. The van der Waals surface area contributed by atoms with Crippen molar-refractivity contribution < 1.29 is 27.5 Å². The maximum absolute atomic E-state index is 12.9. The second-order valence-electron chi connectivity index (χ2n) is 8.31. The average molecular weight is 536 g/mol. The minimum atomic E-state index is -3.99. The highest BCUT2D eigenvalue weighted by Crippen LogP contribution is 2.29. The third-order valence-electron chi connectivity index (χ3n) is 5.54. The monoisotopic (exact) mass is 535 g/mol. The summed E-state index contributed by atoms with van der Waals surface area (Å²) in [4.78, 5) is 46.7. The van der Waals surface area contributed by atoms with Crippen molar-refractivity contribution in [1.82, 2.24) is 20.3 Å². The van der Waals surface area contributed by atoms with Gasteiger partial charge in [0.2, 0.25) is 5.91 Å². The van der Waals surface area contributed by atoms with Crippen molar-refractivity contribution in [3.05, 3.63) is 66.2 Å². The van der Waals surface area contributed by atoms with Gasteiger partial charge in [0.15, 0.2) is 12.3 Å². The molecule has 14 heteroatoms. The molecule has 0 atom stereocenters. The minimum Gasteiger partial charge on any atom is -0.482 e. The summed E-state index contributed by atoms with van der Waals surface area (Å²) in [5, 5.41) is 8.04. The number of ether oxygens (including phenoxy) is 1. The molecule has 38 heavy (non-hydrogen) atoms. The van der Waals surface area contributed by atoms with E-state index in [2.05, 4.69) is 35.6 Å². The van der Waals surface area contributed by atoms with Crippen LogP contribution in [0.3, 0.4) is 0 Å². The van der Waals surface area contributed by atoms with E-state index in [0.29, 0.717) is 17.1 Å². The molecule has 2 aromatic heterocycles. The Hall–Kier alpha value is -4.98. The molecule has 1 aliphatic heterocycles. The van der Waals surface area contributed by atoms with Crippen molar-refractivity contribution >= 4 is 55.8 Å². The van der Waals surface area contributed by atoms with Gasteiger partial charge < -0.3 is 25.7 Å². The number of nitrogens with one attached hydrogen (secondary N) is 5. The zero-order chi connectivity index (χ0) is 26.9. The van der Waals surface area contributed by atoms with Crippen LogP contribution in [0.5, 0.6) is 5.75 Å². The maximum Gasteiger partial charge on any atom is 0.272 e. The molecule has 0 spiro atoms. The molecule has 3 heterocycles. The van der Waals surface area contributed by atoms with E-state index in [1.807, 2.05) is 0 Å². The molecule has 0 saturated heterocycles. The van der Waals surface area contributed by atoms with Crippen LogP contribution in [0.2, 0.25) is 0 Å². The molecule has 1 aliphatic rings. The highest BCUT2D eigenvalue weighted by molar-refractivity contribution is 7.92. The normalized spacial score (nSPS) is 12.7. The first-order valence-electron chi connectivity index (χ1n) is 11.3. The molecular weight excluding hydrogens is 514 g/mol. The number of H-pyrrole nitrogens is 1. The zero-order valence-corrected chi connectivity index (χ0v) is 20.7. The van der Waals surface area contributed by atoms with Crippen LogP contribution in [0.4, 0.5) is 17.1 Å². The number of aromatic amines is 1. The predicted molar refractivity (Wildman–Crippen MR) is 137 cm³/mol. The number of carbonyl (C=O) groups excluding carboxylic acids is 3. The fourth-order valence-corrected chi connectivity index (χ4v) is 4.88. The molecule has 2 aromatic carbocycles. The Kier molecular flexibility index (Phi) is 6.38. The second kappa shape index (κ2) is 9.82. The van der Waals surface area contributed by atoms with Gasteiger partial charge in [-0.25, -0.2) is 18.4 Å². The molecule has 5 N–H and O–H groups in total. The van der Waals surface area contributed by atoms with Gasteiger partial charge in [-0.05, 0) is 42.0 Å². The highest BCUT2D eigenvalue weighted by Gasteiger charge is 2.21. The molecule has 13 nitrogen and oxygen atoms in total. The minimum absolute atomic E-state index is 0.0229. The topological polar surface area (TPSA) is 184 Å². The predicted octanol–water partition coefficient (Wildman–Crippen LogP) is 1.98. The maximum atomic E-state index is 12.9. The first-order chi connectivity index (χ1) is 18.2. The van der Waals surface area contributed by atoms with Gasteiger partial charge in [0.05, 0.1) is 21.8 Å². The number of rotatable bonds is 7. The first kappa shape index (κ1) is 24.7. The van der Waals surface area contributed by atoms with Crippen LogP contribution < -0.4 is 25.4 Å². The summed E-state index contributed by atoms with van der Waals surface area (Å²) in [5.41, 5.74) is 2.30. The highest BCUT2D eigenvalue weighted by atomic mass is 32.2. The third-order valence-corrected chi connectivity index (χ3v) is 6.92. The van der Waals surface area contributed by atoms with Gasteiger partial charge in [0.1, 0.15) is 17.6 Å². The Balaban J connectivity index is 1.31. The van der Waals surface area contributed by atoms with Crippen LogP contribution in [-0.2, 0) is 26.2 Å². The van der Waals surface area contributed by atoms with E-state index in [4.69, 9.17) is 4.74 Å². The van der Waals surface area contributed by atoms with E-state index in [-0.39, 0.29) is 52.3 Å². The quantitative estimate of drug-likeness (QED) is 0.238. The van der Waals surface area contributed by atoms with Gasteiger partial charge in [-0.3, -0.25) is 19.1 Å². The molecule has 0 aliphatic carbocycles. The number of fused-ring (bicyclic) bond motifs is 2. The number of hydrogen-bond donors (Lipinski definition) is 5. The lowest BCUT2D eigenvalue weighted by Crippen LogP contribution is -2.26.